The molecule has 21 heavy (non-hydrogen) atoms. The van der Waals surface area contributed by atoms with Gasteiger partial charge in [0, 0.05) is 53.7 Å². The summed E-state index contributed by atoms with van der Waals surface area (Å²) in [7, 11) is 0. The molecule has 112 valence electrons. The topological polar surface area (TPSA) is 51.4 Å². The maximum absolute atomic E-state index is 6.10. The van der Waals surface area contributed by atoms with E-state index in [0.29, 0.717) is 6.10 Å². The van der Waals surface area contributed by atoms with Crippen molar-refractivity contribution in [2.75, 3.05) is 30.3 Å². The van der Waals surface area contributed by atoms with Gasteiger partial charge in [-0.1, -0.05) is 0 Å². The Morgan fingerprint density at radius 3 is 3.05 bits per heavy atom. The number of ether oxygens (including phenoxy) is 1. The van der Waals surface area contributed by atoms with Crippen LogP contribution >= 0.6 is 0 Å². The largest absolute Gasteiger partial charge is 0.398 e. The van der Waals surface area contributed by atoms with E-state index in [-0.39, 0.29) is 0 Å². The van der Waals surface area contributed by atoms with Gasteiger partial charge in [0.15, 0.2) is 0 Å². The van der Waals surface area contributed by atoms with Crippen molar-refractivity contribution >= 4 is 22.1 Å². The lowest BCUT2D eigenvalue weighted by molar-refractivity contribution is 0.0527. The molecule has 0 radical (unpaired) electrons. The van der Waals surface area contributed by atoms with Gasteiger partial charge in [0.2, 0.25) is 0 Å². The van der Waals surface area contributed by atoms with E-state index in [4.69, 9.17) is 10.5 Å². The molecule has 3 rings (SSSR count). The first-order chi connectivity index (χ1) is 10.2. The summed E-state index contributed by atoms with van der Waals surface area (Å²) < 4.78 is 5.82. The van der Waals surface area contributed by atoms with Crippen LogP contribution in [0.25, 0.3) is 10.8 Å². The van der Waals surface area contributed by atoms with Gasteiger partial charge in [0.05, 0.1) is 6.10 Å². The Morgan fingerprint density at radius 2 is 2.24 bits per heavy atom. The molecule has 2 N–H and O–H groups in total. The average Bonchev–Trinajstić information content (AvgIpc) is 2.48. The van der Waals surface area contributed by atoms with E-state index >= 15 is 0 Å². The van der Waals surface area contributed by atoms with Crippen LogP contribution in [0.1, 0.15) is 25.5 Å². The number of anilines is 2. The minimum atomic E-state index is 0.333. The van der Waals surface area contributed by atoms with E-state index < -0.39 is 0 Å². The van der Waals surface area contributed by atoms with E-state index in [0.717, 1.165) is 42.9 Å². The molecule has 0 amide bonds. The van der Waals surface area contributed by atoms with Crippen LogP contribution in [0.15, 0.2) is 24.4 Å². The van der Waals surface area contributed by atoms with Gasteiger partial charge in [-0.3, -0.25) is 4.98 Å². The second-order valence-corrected chi connectivity index (χ2v) is 5.71. The Bertz CT molecular complexity index is 639. The van der Waals surface area contributed by atoms with Gasteiger partial charge in [0.1, 0.15) is 0 Å². The molecule has 1 unspecified atom stereocenters. The highest BCUT2D eigenvalue weighted by molar-refractivity contribution is 6.01. The molecule has 2 aromatic rings. The lowest BCUT2D eigenvalue weighted by atomic mass is 10.0. The highest BCUT2D eigenvalue weighted by Gasteiger charge is 2.22. The normalized spacial score (nSPS) is 19.1. The third-order valence-corrected chi connectivity index (χ3v) is 4.17. The number of pyridine rings is 1. The summed E-state index contributed by atoms with van der Waals surface area (Å²) in [5.74, 6) is 0. The van der Waals surface area contributed by atoms with Crippen LogP contribution in [0, 0.1) is 6.92 Å². The zero-order chi connectivity index (χ0) is 14.8. The molecule has 0 spiro atoms. The number of hydrogen-bond acceptors (Lipinski definition) is 4. The maximum atomic E-state index is 6.10. The van der Waals surface area contributed by atoms with Gasteiger partial charge in [-0.2, -0.15) is 0 Å². The molecule has 1 saturated heterocycles. The molecule has 1 aromatic heterocycles. The van der Waals surface area contributed by atoms with E-state index in [2.05, 4.69) is 28.9 Å². The van der Waals surface area contributed by atoms with Crippen LogP contribution in [-0.2, 0) is 4.74 Å². The van der Waals surface area contributed by atoms with Gasteiger partial charge in [-0.15, -0.1) is 0 Å². The van der Waals surface area contributed by atoms with Crippen molar-refractivity contribution in [2.24, 2.45) is 0 Å². The highest BCUT2D eigenvalue weighted by atomic mass is 16.5. The molecule has 1 aliphatic heterocycles. The van der Waals surface area contributed by atoms with Crippen LogP contribution in [0.4, 0.5) is 11.4 Å². The summed E-state index contributed by atoms with van der Waals surface area (Å²) in [6, 6.07) is 6.25. The minimum absolute atomic E-state index is 0.333. The van der Waals surface area contributed by atoms with Crippen molar-refractivity contribution in [1.82, 2.24) is 4.98 Å². The fourth-order valence-corrected chi connectivity index (χ4v) is 3.15. The smallest absolute Gasteiger partial charge is 0.0750 e. The predicted molar refractivity (Wildman–Crippen MR) is 87.8 cm³/mol. The van der Waals surface area contributed by atoms with Gasteiger partial charge in [-0.05, 0) is 44.9 Å². The third-order valence-electron chi connectivity index (χ3n) is 4.17. The van der Waals surface area contributed by atoms with Crippen LogP contribution in [-0.4, -0.2) is 30.8 Å². The first kappa shape index (κ1) is 14.1. The number of nitrogen functional groups attached to an aromatic ring is 1. The molecule has 1 atom stereocenters. The zero-order valence-electron chi connectivity index (χ0n) is 12.8. The van der Waals surface area contributed by atoms with Crippen molar-refractivity contribution in [3.05, 3.63) is 30.1 Å². The summed E-state index contributed by atoms with van der Waals surface area (Å²) in [5, 5.41) is 2.23. The Morgan fingerprint density at radius 1 is 1.38 bits per heavy atom. The number of hydrogen-bond donors (Lipinski definition) is 1. The van der Waals surface area contributed by atoms with Crippen molar-refractivity contribution in [3.8, 4) is 0 Å². The van der Waals surface area contributed by atoms with Gasteiger partial charge in [0.25, 0.3) is 0 Å². The molecule has 2 heterocycles. The lowest BCUT2D eigenvalue weighted by Crippen LogP contribution is -2.39. The van der Waals surface area contributed by atoms with E-state index in [9.17, 15) is 0 Å². The fourth-order valence-electron chi connectivity index (χ4n) is 3.15. The molecule has 4 nitrogen and oxygen atoms in total. The Kier molecular flexibility index (Phi) is 3.97. The lowest BCUT2D eigenvalue weighted by Gasteiger charge is -2.35. The monoisotopic (exact) mass is 285 g/mol. The third kappa shape index (κ3) is 2.81. The standard InChI is InChI=1S/C17H23N3O/c1-3-21-13-5-4-8-20(11-13)17-7-6-16(18)15-10-19-12(2)9-14(15)17/h6-7,9-10,13H,3-5,8,11,18H2,1-2H3. The molecule has 0 bridgehead atoms. The van der Waals surface area contributed by atoms with Gasteiger partial charge >= 0.3 is 0 Å². The van der Waals surface area contributed by atoms with Crippen LogP contribution in [0.5, 0.6) is 0 Å². The highest BCUT2D eigenvalue weighted by Crippen LogP contribution is 2.32. The number of piperidine rings is 1. The summed E-state index contributed by atoms with van der Waals surface area (Å²) >= 11 is 0. The molecule has 1 aliphatic rings. The predicted octanol–water partition coefficient (Wildman–Crippen LogP) is 3.13. The van der Waals surface area contributed by atoms with Gasteiger partial charge in [-0.25, -0.2) is 0 Å². The SMILES string of the molecule is CCOC1CCCN(c2ccc(N)c3cnc(C)cc23)C1. The maximum Gasteiger partial charge on any atom is 0.0750 e. The summed E-state index contributed by atoms with van der Waals surface area (Å²) in [6.45, 7) is 6.89. The minimum Gasteiger partial charge on any atom is -0.398 e. The van der Waals surface area contributed by atoms with E-state index in [1.807, 2.05) is 19.2 Å². The molecule has 1 fully saturated rings. The number of aryl methyl sites for hydroxylation is 1. The molecular weight excluding hydrogens is 262 g/mol. The van der Waals surface area contributed by atoms with Crippen molar-refractivity contribution < 1.29 is 4.74 Å². The van der Waals surface area contributed by atoms with E-state index in [1.165, 1.54) is 17.5 Å². The van der Waals surface area contributed by atoms with Crippen molar-refractivity contribution in [2.45, 2.75) is 32.8 Å². The number of fused-ring (bicyclic) bond motifs is 1. The van der Waals surface area contributed by atoms with Crippen molar-refractivity contribution in [3.63, 3.8) is 0 Å². The second-order valence-electron chi connectivity index (χ2n) is 5.71. The second kappa shape index (κ2) is 5.90. The number of nitrogens with two attached hydrogens (primary N) is 1. The van der Waals surface area contributed by atoms with Crippen LogP contribution in [0.2, 0.25) is 0 Å². The summed E-state index contributed by atoms with van der Waals surface area (Å²) in [4.78, 5) is 6.80. The number of rotatable bonds is 3. The number of aromatic nitrogens is 1. The van der Waals surface area contributed by atoms with Gasteiger partial charge < -0.3 is 15.4 Å². The first-order valence-corrected chi connectivity index (χ1v) is 7.70. The Hall–Kier alpha value is -1.81. The molecule has 4 heteroatoms. The molecule has 0 aliphatic carbocycles. The quantitative estimate of drug-likeness (QED) is 0.880. The first-order valence-electron chi connectivity index (χ1n) is 7.70. The van der Waals surface area contributed by atoms with E-state index in [1.54, 1.807) is 0 Å². The molecule has 1 aromatic carbocycles. The van der Waals surface area contributed by atoms with Crippen LogP contribution < -0.4 is 10.6 Å². The fraction of sp³-hybridized carbons (Fsp3) is 0.471. The van der Waals surface area contributed by atoms with Crippen molar-refractivity contribution in [1.29, 1.82) is 0 Å². The zero-order valence-corrected chi connectivity index (χ0v) is 12.8. The summed E-state index contributed by atoms with van der Waals surface area (Å²) in [5.41, 5.74) is 9.15. The van der Waals surface area contributed by atoms with Crippen LogP contribution in [0.3, 0.4) is 0 Å². The average molecular weight is 285 g/mol. The molecular formula is C17H23N3O. The Balaban J connectivity index is 1.99. The number of nitrogens with zero attached hydrogens (tertiary/aromatic N) is 2. The molecule has 0 saturated carbocycles. The number of benzene rings is 1. The summed E-state index contributed by atoms with van der Waals surface area (Å²) in [6.07, 6.45) is 4.53. The Labute approximate surface area is 125 Å².